The number of carbonyl (C=O) groups is 1. The number of fused-ring (bicyclic) bond motifs is 1. The Labute approximate surface area is 169 Å². The molecule has 1 saturated carbocycles. The minimum absolute atomic E-state index is 0.218. The molecule has 29 heavy (non-hydrogen) atoms. The zero-order chi connectivity index (χ0) is 20.2. The molecule has 3 aromatic rings. The van der Waals surface area contributed by atoms with Gasteiger partial charge in [-0.05, 0) is 37.6 Å². The van der Waals surface area contributed by atoms with Crippen molar-refractivity contribution >= 4 is 22.4 Å². The molecule has 4 rings (SSSR count). The largest absolute Gasteiger partial charge is 0.320 e. The number of nitrogens with one attached hydrogen (secondary N) is 2. The Morgan fingerprint density at radius 3 is 2.55 bits per heavy atom. The van der Waals surface area contributed by atoms with Crippen LogP contribution in [0.3, 0.4) is 0 Å². The van der Waals surface area contributed by atoms with Crippen molar-refractivity contribution in [3.05, 3.63) is 70.1 Å². The number of carbonyl (C=O) groups excluding carboxylic acids is 1. The summed E-state index contributed by atoms with van der Waals surface area (Å²) in [7, 11) is 2.16. The molecule has 2 aromatic carbocycles. The Morgan fingerprint density at radius 1 is 1.07 bits per heavy atom. The van der Waals surface area contributed by atoms with Gasteiger partial charge in [-0.2, -0.15) is 5.10 Å². The second kappa shape index (κ2) is 8.57. The number of amides is 1. The summed E-state index contributed by atoms with van der Waals surface area (Å²) in [6, 6.07) is 15.5. The molecule has 1 aromatic heterocycles. The lowest BCUT2D eigenvalue weighted by Gasteiger charge is -2.31. The van der Waals surface area contributed by atoms with Crippen LogP contribution in [-0.2, 0) is 6.54 Å². The average molecular weight is 390 g/mol. The monoisotopic (exact) mass is 390 g/mol. The molecular weight excluding hydrogens is 364 g/mol. The van der Waals surface area contributed by atoms with E-state index in [1.807, 2.05) is 24.3 Å². The van der Waals surface area contributed by atoms with Crippen molar-refractivity contribution < 1.29 is 4.79 Å². The van der Waals surface area contributed by atoms with Crippen molar-refractivity contribution in [1.29, 1.82) is 0 Å². The Bertz CT molecular complexity index is 1070. The van der Waals surface area contributed by atoms with Crippen LogP contribution in [0.25, 0.3) is 10.8 Å². The van der Waals surface area contributed by atoms with Gasteiger partial charge < -0.3 is 5.32 Å². The molecule has 1 aliphatic carbocycles. The van der Waals surface area contributed by atoms with Gasteiger partial charge in [-0.15, -0.1) is 0 Å². The second-order valence-electron chi connectivity index (χ2n) is 7.77. The summed E-state index contributed by atoms with van der Waals surface area (Å²) in [5.41, 5.74) is 1.77. The summed E-state index contributed by atoms with van der Waals surface area (Å²) in [4.78, 5) is 27.3. The average Bonchev–Trinajstić information content (AvgIpc) is 2.76. The molecule has 2 N–H and O–H groups in total. The van der Waals surface area contributed by atoms with E-state index < -0.39 is 0 Å². The van der Waals surface area contributed by atoms with Crippen LogP contribution in [0.2, 0.25) is 0 Å². The maximum absolute atomic E-state index is 13.0. The van der Waals surface area contributed by atoms with Crippen molar-refractivity contribution in [2.24, 2.45) is 0 Å². The van der Waals surface area contributed by atoms with Gasteiger partial charge in [0.2, 0.25) is 0 Å². The molecule has 1 aliphatic rings. The number of aromatic nitrogens is 2. The first-order valence-corrected chi connectivity index (χ1v) is 10.2. The summed E-state index contributed by atoms with van der Waals surface area (Å²) in [5, 5.41) is 10.4. The molecule has 150 valence electrons. The Morgan fingerprint density at radius 2 is 1.76 bits per heavy atom. The van der Waals surface area contributed by atoms with Crippen molar-refractivity contribution in [2.45, 2.75) is 44.7 Å². The van der Waals surface area contributed by atoms with Gasteiger partial charge in [-0.25, -0.2) is 5.10 Å². The summed E-state index contributed by atoms with van der Waals surface area (Å²) < 4.78 is 0. The Hall–Kier alpha value is -2.99. The summed E-state index contributed by atoms with van der Waals surface area (Å²) in [6.45, 7) is 0.779. The van der Waals surface area contributed by atoms with Crippen molar-refractivity contribution in [3.63, 3.8) is 0 Å². The third-order valence-corrected chi connectivity index (χ3v) is 5.79. The van der Waals surface area contributed by atoms with Crippen LogP contribution in [0.4, 0.5) is 5.69 Å². The summed E-state index contributed by atoms with van der Waals surface area (Å²) >= 11 is 0. The highest BCUT2D eigenvalue weighted by atomic mass is 16.2. The van der Waals surface area contributed by atoms with Crippen LogP contribution >= 0.6 is 0 Å². The first-order chi connectivity index (χ1) is 14.1. The number of rotatable bonds is 5. The highest BCUT2D eigenvalue weighted by molar-refractivity contribution is 6.11. The molecule has 6 nitrogen and oxygen atoms in total. The van der Waals surface area contributed by atoms with Crippen LogP contribution in [0.15, 0.2) is 53.3 Å². The third kappa shape index (κ3) is 4.22. The fourth-order valence-electron chi connectivity index (χ4n) is 4.17. The minimum atomic E-state index is -0.329. The van der Waals surface area contributed by atoms with E-state index in [0.29, 0.717) is 16.8 Å². The van der Waals surface area contributed by atoms with Gasteiger partial charge in [-0.1, -0.05) is 55.7 Å². The third-order valence-electron chi connectivity index (χ3n) is 5.79. The SMILES string of the molecule is CN(Cc1ccccc1NC(=O)c1n[nH]c(=O)c2ccccc12)C1CCCCC1. The molecule has 0 radical (unpaired) electrons. The molecule has 0 bridgehead atoms. The maximum Gasteiger partial charge on any atom is 0.276 e. The molecule has 0 aliphatic heterocycles. The van der Waals surface area contributed by atoms with Gasteiger partial charge in [0.25, 0.3) is 11.5 Å². The molecule has 1 amide bonds. The van der Waals surface area contributed by atoms with E-state index in [2.05, 4.69) is 27.5 Å². The van der Waals surface area contributed by atoms with Crippen LogP contribution in [0, 0.1) is 0 Å². The predicted octanol–water partition coefficient (Wildman–Crippen LogP) is 3.94. The number of nitrogens with zero attached hydrogens (tertiary/aromatic N) is 2. The molecule has 0 spiro atoms. The van der Waals surface area contributed by atoms with Crippen molar-refractivity contribution in [1.82, 2.24) is 15.1 Å². The number of hydrogen-bond donors (Lipinski definition) is 2. The topological polar surface area (TPSA) is 78.1 Å². The molecule has 1 heterocycles. The standard InChI is InChI=1S/C23H26N4O2/c1-27(17-10-3-2-4-11-17)15-16-9-5-8-14-20(16)24-23(29)21-18-12-6-7-13-19(18)22(28)26-25-21/h5-9,12-14,17H,2-4,10-11,15H2,1H3,(H,24,29)(H,26,28). The molecule has 0 saturated heterocycles. The highest BCUT2D eigenvalue weighted by Crippen LogP contribution is 2.25. The highest BCUT2D eigenvalue weighted by Gasteiger charge is 2.20. The van der Waals surface area contributed by atoms with E-state index in [-0.39, 0.29) is 17.2 Å². The van der Waals surface area contributed by atoms with Gasteiger partial charge >= 0.3 is 0 Å². The fraction of sp³-hybridized carbons (Fsp3) is 0.348. The second-order valence-corrected chi connectivity index (χ2v) is 7.77. The maximum atomic E-state index is 13.0. The van der Waals surface area contributed by atoms with E-state index in [9.17, 15) is 9.59 Å². The number of para-hydroxylation sites is 1. The van der Waals surface area contributed by atoms with Gasteiger partial charge in [0.1, 0.15) is 0 Å². The number of hydrogen-bond acceptors (Lipinski definition) is 4. The predicted molar refractivity (Wildman–Crippen MR) is 115 cm³/mol. The van der Waals surface area contributed by atoms with Gasteiger partial charge in [0.15, 0.2) is 5.69 Å². The van der Waals surface area contributed by atoms with Crippen molar-refractivity contribution in [2.75, 3.05) is 12.4 Å². The smallest absolute Gasteiger partial charge is 0.276 e. The number of aromatic amines is 1. The lowest BCUT2D eigenvalue weighted by Crippen LogP contribution is -2.33. The first kappa shape index (κ1) is 19.3. The van der Waals surface area contributed by atoms with Crippen LogP contribution < -0.4 is 10.9 Å². The summed E-state index contributed by atoms with van der Waals surface area (Å²) in [5.74, 6) is -0.329. The van der Waals surface area contributed by atoms with Crippen LogP contribution in [0.5, 0.6) is 0 Å². The van der Waals surface area contributed by atoms with Crippen LogP contribution in [-0.4, -0.2) is 34.1 Å². The number of benzene rings is 2. The van der Waals surface area contributed by atoms with Crippen molar-refractivity contribution in [3.8, 4) is 0 Å². The zero-order valence-corrected chi connectivity index (χ0v) is 16.6. The van der Waals surface area contributed by atoms with Crippen LogP contribution in [0.1, 0.15) is 48.2 Å². The van der Waals surface area contributed by atoms with Gasteiger partial charge in [-0.3, -0.25) is 14.5 Å². The van der Waals surface area contributed by atoms with E-state index >= 15 is 0 Å². The first-order valence-electron chi connectivity index (χ1n) is 10.2. The fourth-order valence-corrected chi connectivity index (χ4v) is 4.17. The normalized spacial score (nSPS) is 15.0. The molecule has 0 unspecified atom stereocenters. The van der Waals surface area contributed by atoms with Gasteiger partial charge in [0, 0.05) is 23.7 Å². The Kier molecular flexibility index (Phi) is 5.71. The molecule has 0 atom stereocenters. The lowest BCUT2D eigenvalue weighted by atomic mass is 9.94. The number of H-pyrrole nitrogens is 1. The lowest BCUT2D eigenvalue weighted by molar-refractivity contribution is 0.102. The minimum Gasteiger partial charge on any atom is -0.320 e. The molecule has 1 fully saturated rings. The Balaban J connectivity index is 1.57. The van der Waals surface area contributed by atoms with E-state index in [0.717, 1.165) is 17.8 Å². The molecule has 6 heteroatoms. The van der Waals surface area contributed by atoms with E-state index in [4.69, 9.17) is 0 Å². The van der Waals surface area contributed by atoms with E-state index in [1.54, 1.807) is 24.3 Å². The molecular formula is C23H26N4O2. The number of anilines is 1. The van der Waals surface area contributed by atoms with E-state index in [1.165, 1.54) is 32.1 Å². The zero-order valence-electron chi connectivity index (χ0n) is 16.6. The van der Waals surface area contributed by atoms with Gasteiger partial charge in [0.05, 0.1) is 5.39 Å². The quantitative estimate of drug-likeness (QED) is 0.692. The summed E-state index contributed by atoms with van der Waals surface area (Å²) in [6.07, 6.45) is 6.38.